The van der Waals surface area contributed by atoms with Crippen LogP contribution in [0.15, 0.2) is 29.2 Å². The highest BCUT2D eigenvalue weighted by Gasteiger charge is 2.15. The number of rotatable bonds is 9. The minimum Gasteiger partial charge on any atom is -0.369 e. The summed E-state index contributed by atoms with van der Waals surface area (Å²) in [5.74, 6) is -0.410. The van der Waals surface area contributed by atoms with E-state index in [9.17, 15) is 9.59 Å². The van der Waals surface area contributed by atoms with Crippen molar-refractivity contribution in [3.8, 4) is 0 Å². The van der Waals surface area contributed by atoms with Crippen LogP contribution in [0.25, 0.3) is 0 Å². The number of halogens is 1. The van der Waals surface area contributed by atoms with Gasteiger partial charge in [-0.3, -0.25) is 9.59 Å². The number of carbonyl (C=O) groups excluding carboxylic acids is 2. The van der Waals surface area contributed by atoms with Crippen LogP contribution in [0.4, 0.5) is 0 Å². The predicted octanol–water partition coefficient (Wildman–Crippen LogP) is 1.93. The van der Waals surface area contributed by atoms with E-state index in [1.54, 1.807) is 12.1 Å². The second-order valence-electron chi connectivity index (χ2n) is 4.80. The zero-order valence-electron chi connectivity index (χ0n) is 12.7. The van der Waals surface area contributed by atoms with Gasteiger partial charge in [-0.15, -0.1) is 24.2 Å². The first kappa shape index (κ1) is 20.8. The summed E-state index contributed by atoms with van der Waals surface area (Å²) in [6, 6.07) is 7.16. The first-order valence-corrected chi connectivity index (χ1v) is 8.08. The number of hydrogen-bond donors (Lipinski definition) is 3. The Labute approximate surface area is 142 Å². The van der Waals surface area contributed by atoms with Gasteiger partial charge in [-0.2, -0.15) is 0 Å². The fraction of sp³-hybridized carbons (Fsp3) is 0.467. The monoisotopic (exact) mass is 345 g/mol. The SMILES string of the molecule is CCCCC(CN)NC(=O)c1ccccc1SCC(N)=O.Cl. The molecular weight excluding hydrogens is 322 g/mol. The number of primary amides is 1. The van der Waals surface area contributed by atoms with E-state index in [-0.39, 0.29) is 30.1 Å². The molecule has 0 bridgehead atoms. The first-order valence-electron chi connectivity index (χ1n) is 7.09. The summed E-state index contributed by atoms with van der Waals surface area (Å²) in [5.41, 5.74) is 11.4. The predicted molar refractivity (Wildman–Crippen MR) is 93.4 cm³/mol. The minimum atomic E-state index is -0.405. The Kier molecular flexibility index (Phi) is 10.7. The summed E-state index contributed by atoms with van der Waals surface area (Å²) in [4.78, 5) is 24.0. The normalized spacial score (nSPS) is 11.4. The van der Waals surface area contributed by atoms with Gasteiger partial charge < -0.3 is 16.8 Å². The van der Waals surface area contributed by atoms with Gasteiger partial charge >= 0.3 is 0 Å². The molecule has 1 atom stereocenters. The summed E-state index contributed by atoms with van der Waals surface area (Å²) < 4.78 is 0. The van der Waals surface area contributed by atoms with Crippen molar-refractivity contribution in [2.75, 3.05) is 12.3 Å². The van der Waals surface area contributed by atoms with Gasteiger partial charge in [-0.25, -0.2) is 0 Å². The molecule has 124 valence electrons. The number of nitrogens with two attached hydrogens (primary N) is 2. The third-order valence-corrected chi connectivity index (χ3v) is 4.12. The topological polar surface area (TPSA) is 98.2 Å². The molecule has 2 amide bonds. The van der Waals surface area contributed by atoms with E-state index in [1.165, 1.54) is 11.8 Å². The third-order valence-electron chi connectivity index (χ3n) is 3.03. The van der Waals surface area contributed by atoms with Gasteiger partial charge in [-0.1, -0.05) is 31.9 Å². The number of thioether (sulfide) groups is 1. The van der Waals surface area contributed by atoms with Crippen molar-refractivity contribution in [3.05, 3.63) is 29.8 Å². The van der Waals surface area contributed by atoms with Crippen LogP contribution in [0, 0.1) is 0 Å². The minimum absolute atomic E-state index is 0. The molecule has 5 nitrogen and oxygen atoms in total. The summed E-state index contributed by atoms with van der Waals surface area (Å²) in [6.07, 6.45) is 2.97. The van der Waals surface area contributed by atoms with Gasteiger partial charge in [0.25, 0.3) is 5.91 Å². The number of benzene rings is 1. The Hall–Kier alpha value is -1.24. The number of hydrogen-bond acceptors (Lipinski definition) is 4. The van der Waals surface area contributed by atoms with E-state index in [2.05, 4.69) is 12.2 Å². The molecule has 1 aromatic carbocycles. The number of carbonyl (C=O) groups is 2. The van der Waals surface area contributed by atoms with Crippen LogP contribution in [0.3, 0.4) is 0 Å². The average Bonchev–Trinajstić information content (AvgIpc) is 2.49. The average molecular weight is 346 g/mol. The van der Waals surface area contributed by atoms with Gasteiger partial charge in [0.2, 0.25) is 5.91 Å². The molecule has 22 heavy (non-hydrogen) atoms. The Bertz CT molecular complexity index is 486. The molecular formula is C15H24ClN3O2S. The number of unbranched alkanes of at least 4 members (excludes halogenated alkanes) is 1. The standard InChI is InChI=1S/C15H23N3O2S.ClH/c1-2-3-6-11(9-16)18-15(20)12-7-4-5-8-13(12)21-10-14(17)19;/h4-5,7-8,11H,2-3,6,9-10,16H2,1H3,(H2,17,19)(H,18,20);1H. The Morgan fingerprint density at radius 3 is 2.59 bits per heavy atom. The summed E-state index contributed by atoms with van der Waals surface area (Å²) >= 11 is 1.27. The summed E-state index contributed by atoms with van der Waals surface area (Å²) in [6.45, 7) is 2.52. The zero-order chi connectivity index (χ0) is 15.7. The molecule has 0 fully saturated rings. The molecule has 1 aromatic rings. The van der Waals surface area contributed by atoms with E-state index in [0.717, 1.165) is 24.2 Å². The van der Waals surface area contributed by atoms with Gasteiger partial charge in [0.05, 0.1) is 11.3 Å². The lowest BCUT2D eigenvalue weighted by Gasteiger charge is -2.17. The molecule has 0 aliphatic rings. The Morgan fingerprint density at radius 1 is 1.32 bits per heavy atom. The van der Waals surface area contributed by atoms with Crippen molar-refractivity contribution in [1.82, 2.24) is 5.32 Å². The maximum Gasteiger partial charge on any atom is 0.252 e. The molecule has 0 radical (unpaired) electrons. The molecule has 0 aliphatic carbocycles. The van der Waals surface area contributed by atoms with Crippen LogP contribution in [0.2, 0.25) is 0 Å². The van der Waals surface area contributed by atoms with Gasteiger partial charge in [0.15, 0.2) is 0 Å². The van der Waals surface area contributed by atoms with Crippen LogP contribution in [-0.4, -0.2) is 30.2 Å². The second kappa shape index (κ2) is 11.3. The molecule has 0 aliphatic heterocycles. The van der Waals surface area contributed by atoms with Crippen LogP contribution in [0.5, 0.6) is 0 Å². The number of amides is 2. The molecule has 1 rings (SSSR count). The maximum atomic E-state index is 12.3. The van der Waals surface area contributed by atoms with E-state index in [0.29, 0.717) is 12.1 Å². The highest BCUT2D eigenvalue weighted by Crippen LogP contribution is 2.22. The highest BCUT2D eigenvalue weighted by molar-refractivity contribution is 8.00. The third kappa shape index (κ3) is 7.15. The van der Waals surface area contributed by atoms with Crippen molar-refractivity contribution in [3.63, 3.8) is 0 Å². The molecule has 0 spiro atoms. The lowest BCUT2D eigenvalue weighted by Crippen LogP contribution is -2.40. The zero-order valence-corrected chi connectivity index (χ0v) is 14.3. The smallest absolute Gasteiger partial charge is 0.252 e. The molecule has 0 aromatic heterocycles. The quantitative estimate of drug-likeness (QED) is 0.595. The summed E-state index contributed by atoms with van der Waals surface area (Å²) in [5, 5.41) is 2.95. The maximum absolute atomic E-state index is 12.3. The largest absolute Gasteiger partial charge is 0.369 e. The fourth-order valence-corrected chi connectivity index (χ4v) is 2.68. The van der Waals surface area contributed by atoms with E-state index in [4.69, 9.17) is 11.5 Å². The van der Waals surface area contributed by atoms with Crippen LogP contribution < -0.4 is 16.8 Å². The van der Waals surface area contributed by atoms with Gasteiger partial charge in [0, 0.05) is 17.5 Å². The molecule has 0 saturated carbocycles. The van der Waals surface area contributed by atoms with Crippen molar-refractivity contribution in [2.45, 2.75) is 37.1 Å². The molecule has 7 heteroatoms. The molecule has 1 unspecified atom stereocenters. The van der Waals surface area contributed by atoms with E-state index >= 15 is 0 Å². The van der Waals surface area contributed by atoms with Crippen molar-refractivity contribution < 1.29 is 9.59 Å². The van der Waals surface area contributed by atoms with Gasteiger partial charge in [0.1, 0.15) is 0 Å². The van der Waals surface area contributed by atoms with Crippen molar-refractivity contribution >= 4 is 36.0 Å². The highest BCUT2D eigenvalue weighted by atomic mass is 35.5. The van der Waals surface area contributed by atoms with E-state index < -0.39 is 5.91 Å². The van der Waals surface area contributed by atoms with Crippen LogP contribution in [0.1, 0.15) is 36.5 Å². The fourth-order valence-electron chi connectivity index (χ4n) is 1.89. The molecule has 0 heterocycles. The molecule has 5 N–H and O–H groups in total. The summed E-state index contributed by atoms with van der Waals surface area (Å²) in [7, 11) is 0. The first-order chi connectivity index (χ1) is 10.1. The lowest BCUT2D eigenvalue weighted by molar-refractivity contribution is -0.115. The van der Waals surface area contributed by atoms with E-state index in [1.807, 2.05) is 12.1 Å². The Balaban J connectivity index is 0.00000441. The van der Waals surface area contributed by atoms with Gasteiger partial charge in [-0.05, 0) is 18.6 Å². The van der Waals surface area contributed by atoms with Crippen LogP contribution >= 0.6 is 24.2 Å². The van der Waals surface area contributed by atoms with Crippen LogP contribution in [-0.2, 0) is 4.79 Å². The number of nitrogens with one attached hydrogen (secondary N) is 1. The Morgan fingerprint density at radius 2 is 2.00 bits per heavy atom. The second-order valence-corrected chi connectivity index (χ2v) is 5.82. The lowest BCUT2D eigenvalue weighted by atomic mass is 10.1. The molecule has 0 saturated heterocycles. The van der Waals surface area contributed by atoms with Crippen molar-refractivity contribution in [2.24, 2.45) is 11.5 Å². The van der Waals surface area contributed by atoms with Crippen molar-refractivity contribution in [1.29, 1.82) is 0 Å².